The number of aromatic amines is 1. The summed E-state index contributed by atoms with van der Waals surface area (Å²) in [6.07, 6.45) is 5.31. The molecule has 1 aliphatic carbocycles. The van der Waals surface area contributed by atoms with Crippen LogP contribution in [0.15, 0.2) is 44.4 Å². The third-order valence-electron chi connectivity index (χ3n) is 4.72. The first kappa shape index (κ1) is 17.0. The molecule has 1 aliphatic rings. The van der Waals surface area contributed by atoms with Gasteiger partial charge in [0.1, 0.15) is 5.58 Å². The minimum Gasteiger partial charge on any atom is -0.423 e. The number of rotatable bonds is 4. The Bertz CT molecular complexity index is 1110. The molecule has 2 heterocycles. The lowest BCUT2D eigenvalue weighted by Gasteiger charge is -2.08. The van der Waals surface area contributed by atoms with Gasteiger partial charge in [-0.1, -0.05) is 6.42 Å². The van der Waals surface area contributed by atoms with Gasteiger partial charge in [0.05, 0.1) is 17.1 Å². The van der Waals surface area contributed by atoms with Crippen molar-refractivity contribution in [3.8, 4) is 0 Å². The Morgan fingerprint density at radius 1 is 1.12 bits per heavy atom. The second kappa shape index (κ2) is 6.69. The predicted molar refractivity (Wildman–Crippen MR) is 96.4 cm³/mol. The van der Waals surface area contributed by atoms with Crippen LogP contribution < -0.4 is 10.3 Å². The summed E-state index contributed by atoms with van der Waals surface area (Å²) >= 11 is 0. The Morgan fingerprint density at radius 2 is 1.96 bits per heavy atom. The predicted octanol–water partition coefficient (Wildman–Crippen LogP) is 2.26. The van der Waals surface area contributed by atoms with E-state index in [1.54, 1.807) is 6.07 Å². The Kier molecular flexibility index (Phi) is 4.37. The number of sulfonamides is 1. The van der Waals surface area contributed by atoms with Crippen LogP contribution in [-0.4, -0.2) is 18.6 Å². The monoisotopic (exact) mass is 373 g/mol. The van der Waals surface area contributed by atoms with Crippen LogP contribution in [0.25, 0.3) is 11.0 Å². The topological polar surface area (TPSA) is 105 Å². The second-order valence-corrected chi connectivity index (χ2v) is 8.23. The Hall–Kier alpha value is -2.45. The molecule has 136 valence electrons. The average Bonchev–Trinajstić information content (AvgIpc) is 2.86. The number of nitrogens with one attached hydrogen (secondary N) is 2. The highest BCUT2D eigenvalue weighted by atomic mass is 32.2. The molecular weight excluding hydrogens is 354 g/mol. The van der Waals surface area contributed by atoms with Crippen molar-refractivity contribution in [2.24, 2.45) is 0 Å². The van der Waals surface area contributed by atoms with Crippen LogP contribution in [-0.2, 0) is 29.4 Å². The minimum atomic E-state index is -3.70. The fraction of sp³-hybridized carbons (Fsp3) is 0.333. The number of aromatic nitrogens is 2. The maximum atomic E-state index is 12.6. The number of benzene rings is 1. The molecular formula is C18H19N3O4S. The first-order valence-electron chi connectivity index (χ1n) is 8.61. The molecule has 7 nitrogen and oxygen atoms in total. The normalized spacial score (nSPS) is 14.9. The number of fused-ring (bicyclic) bond motifs is 2. The number of hydrogen-bond acceptors (Lipinski definition) is 5. The van der Waals surface area contributed by atoms with Crippen molar-refractivity contribution in [2.45, 2.75) is 43.5 Å². The zero-order valence-electron chi connectivity index (χ0n) is 14.1. The van der Waals surface area contributed by atoms with Crippen molar-refractivity contribution >= 4 is 21.0 Å². The second-order valence-electron chi connectivity index (χ2n) is 6.47. The summed E-state index contributed by atoms with van der Waals surface area (Å²) in [5.41, 5.74) is 2.92. The first-order chi connectivity index (χ1) is 12.5. The first-order valence-corrected chi connectivity index (χ1v) is 10.1. The van der Waals surface area contributed by atoms with E-state index in [0.29, 0.717) is 11.0 Å². The lowest BCUT2D eigenvalue weighted by atomic mass is 10.1. The van der Waals surface area contributed by atoms with E-state index >= 15 is 0 Å². The Balaban J connectivity index is 1.57. The van der Waals surface area contributed by atoms with Crippen molar-refractivity contribution in [3.05, 3.63) is 57.7 Å². The van der Waals surface area contributed by atoms with Crippen LogP contribution >= 0.6 is 0 Å². The van der Waals surface area contributed by atoms with Gasteiger partial charge >= 0.3 is 5.63 Å². The zero-order valence-corrected chi connectivity index (χ0v) is 14.9. The summed E-state index contributed by atoms with van der Waals surface area (Å²) < 4.78 is 32.9. The lowest BCUT2D eigenvalue weighted by Crippen LogP contribution is -2.24. The Labute approximate surface area is 150 Å². The van der Waals surface area contributed by atoms with Gasteiger partial charge in [0.15, 0.2) is 0 Å². The quantitative estimate of drug-likeness (QED) is 0.539. The van der Waals surface area contributed by atoms with E-state index in [0.717, 1.165) is 42.6 Å². The molecule has 3 aromatic rings. The molecule has 0 aliphatic heterocycles. The van der Waals surface area contributed by atoms with Gasteiger partial charge in [-0.05, 0) is 55.5 Å². The maximum Gasteiger partial charge on any atom is 0.336 e. The SMILES string of the molecule is O=c1ccc2cc(S(=O)(=O)NCc3n[nH]c4c3CCCCC4)ccc2o1. The van der Waals surface area contributed by atoms with E-state index in [2.05, 4.69) is 14.9 Å². The number of H-pyrrole nitrogens is 1. The lowest BCUT2D eigenvalue weighted by molar-refractivity contribution is 0.560. The number of hydrogen-bond donors (Lipinski definition) is 2. The third kappa shape index (κ3) is 3.30. The molecule has 0 bridgehead atoms. The highest BCUT2D eigenvalue weighted by Crippen LogP contribution is 2.22. The van der Waals surface area contributed by atoms with E-state index in [1.165, 1.54) is 30.7 Å². The average molecular weight is 373 g/mol. The molecule has 4 rings (SSSR count). The van der Waals surface area contributed by atoms with Crippen molar-refractivity contribution in [2.75, 3.05) is 0 Å². The molecule has 2 aromatic heterocycles. The maximum absolute atomic E-state index is 12.6. The molecule has 0 saturated carbocycles. The van der Waals surface area contributed by atoms with Gasteiger partial charge < -0.3 is 4.42 Å². The fourth-order valence-electron chi connectivity index (χ4n) is 3.34. The van der Waals surface area contributed by atoms with Gasteiger partial charge in [0.25, 0.3) is 0 Å². The molecule has 0 amide bonds. The van der Waals surface area contributed by atoms with Crippen LogP contribution in [0.1, 0.15) is 36.2 Å². The van der Waals surface area contributed by atoms with E-state index in [1.807, 2.05) is 0 Å². The fourth-order valence-corrected chi connectivity index (χ4v) is 4.36. The van der Waals surface area contributed by atoms with Crippen molar-refractivity contribution in [1.82, 2.24) is 14.9 Å². The Morgan fingerprint density at radius 3 is 2.85 bits per heavy atom. The largest absolute Gasteiger partial charge is 0.423 e. The third-order valence-corrected chi connectivity index (χ3v) is 6.12. The summed E-state index contributed by atoms with van der Waals surface area (Å²) in [6, 6.07) is 7.23. The molecule has 8 heteroatoms. The van der Waals surface area contributed by atoms with Gasteiger partial charge in [0.2, 0.25) is 10.0 Å². The van der Waals surface area contributed by atoms with Gasteiger partial charge in [-0.3, -0.25) is 5.10 Å². The van der Waals surface area contributed by atoms with E-state index < -0.39 is 15.6 Å². The molecule has 26 heavy (non-hydrogen) atoms. The zero-order chi connectivity index (χ0) is 18.1. The summed E-state index contributed by atoms with van der Waals surface area (Å²) in [4.78, 5) is 11.4. The smallest absolute Gasteiger partial charge is 0.336 e. The van der Waals surface area contributed by atoms with Crippen molar-refractivity contribution in [1.29, 1.82) is 0 Å². The number of nitrogens with zero attached hydrogens (tertiary/aromatic N) is 1. The van der Waals surface area contributed by atoms with Crippen LogP contribution in [0.5, 0.6) is 0 Å². The molecule has 0 spiro atoms. The summed E-state index contributed by atoms with van der Waals surface area (Å²) in [5.74, 6) is 0. The van der Waals surface area contributed by atoms with Gasteiger partial charge in [-0.25, -0.2) is 17.9 Å². The summed E-state index contributed by atoms with van der Waals surface area (Å²) in [5, 5.41) is 7.90. The van der Waals surface area contributed by atoms with E-state index in [4.69, 9.17) is 4.42 Å². The highest BCUT2D eigenvalue weighted by Gasteiger charge is 2.19. The van der Waals surface area contributed by atoms with Crippen molar-refractivity contribution in [3.63, 3.8) is 0 Å². The van der Waals surface area contributed by atoms with E-state index in [-0.39, 0.29) is 11.4 Å². The van der Waals surface area contributed by atoms with Gasteiger partial charge in [-0.15, -0.1) is 0 Å². The molecule has 0 fully saturated rings. The summed E-state index contributed by atoms with van der Waals surface area (Å²) in [6.45, 7) is 0.149. The number of aryl methyl sites for hydroxylation is 1. The van der Waals surface area contributed by atoms with Gasteiger partial charge in [0, 0.05) is 17.1 Å². The molecule has 2 N–H and O–H groups in total. The molecule has 0 radical (unpaired) electrons. The van der Waals surface area contributed by atoms with Crippen LogP contribution in [0.2, 0.25) is 0 Å². The standard InChI is InChI=1S/C18H19N3O4S/c22-18-9-6-12-10-13(7-8-17(12)25-18)26(23,24)19-11-16-14-4-2-1-3-5-15(14)20-21-16/h6-10,19H,1-5,11H2,(H,20,21). The summed E-state index contributed by atoms with van der Waals surface area (Å²) in [7, 11) is -3.70. The minimum absolute atomic E-state index is 0.125. The van der Waals surface area contributed by atoms with Gasteiger partial charge in [-0.2, -0.15) is 5.10 Å². The molecule has 1 aromatic carbocycles. The van der Waals surface area contributed by atoms with Crippen LogP contribution in [0, 0.1) is 0 Å². The van der Waals surface area contributed by atoms with Crippen LogP contribution in [0.4, 0.5) is 0 Å². The molecule has 0 unspecified atom stereocenters. The molecule has 0 atom stereocenters. The van der Waals surface area contributed by atoms with Crippen LogP contribution in [0.3, 0.4) is 0 Å². The molecule has 0 saturated heterocycles. The van der Waals surface area contributed by atoms with Crippen molar-refractivity contribution < 1.29 is 12.8 Å². The van der Waals surface area contributed by atoms with E-state index in [9.17, 15) is 13.2 Å². The highest BCUT2D eigenvalue weighted by molar-refractivity contribution is 7.89.